The van der Waals surface area contributed by atoms with Gasteiger partial charge in [0.25, 0.3) is 5.91 Å². The standard InChI is InChI=1S/C22H18N4O2/c1-15-5-10-20(24-14-15)26-11-12-28-21-18(3-2-4-19(21)26)22(27)25-17-8-6-16(13-23)7-9-17/h2-10,14H,11-12H2,1H3,(H,25,27). The molecule has 6 heteroatoms. The Morgan fingerprint density at radius 3 is 2.71 bits per heavy atom. The van der Waals surface area contributed by atoms with E-state index in [1.807, 2.05) is 37.4 Å². The van der Waals surface area contributed by atoms with Gasteiger partial charge in [-0.25, -0.2) is 4.98 Å². The van der Waals surface area contributed by atoms with Gasteiger partial charge in [0.15, 0.2) is 5.75 Å². The van der Waals surface area contributed by atoms with Gasteiger partial charge in [-0.1, -0.05) is 12.1 Å². The maximum atomic E-state index is 12.8. The highest BCUT2D eigenvalue weighted by Crippen LogP contribution is 2.38. The molecule has 0 unspecified atom stereocenters. The quantitative estimate of drug-likeness (QED) is 0.753. The number of hydrogen-bond acceptors (Lipinski definition) is 5. The molecular formula is C22H18N4O2. The number of hydrogen-bond donors (Lipinski definition) is 1. The van der Waals surface area contributed by atoms with Crippen LogP contribution < -0.4 is 15.0 Å². The second-order valence-electron chi connectivity index (χ2n) is 6.49. The second-order valence-corrected chi connectivity index (χ2v) is 6.49. The first kappa shape index (κ1) is 17.6. The summed E-state index contributed by atoms with van der Waals surface area (Å²) in [6.45, 7) is 3.11. The molecule has 0 bridgehead atoms. The zero-order valence-electron chi connectivity index (χ0n) is 15.3. The van der Waals surface area contributed by atoms with Crippen LogP contribution in [-0.4, -0.2) is 24.0 Å². The molecule has 0 aliphatic carbocycles. The van der Waals surface area contributed by atoms with Gasteiger partial charge in [0, 0.05) is 11.9 Å². The number of nitrogens with one attached hydrogen (secondary N) is 1. The van der Waals surface area contributed by atoms with Crippen LogP contribution in [0.2, 0.25) is 0 Å². The van der Waals surface area contributed by atoms with Crippen LogP contribution in [0.3, 0.4) is 0 Å². The van der Waals surface area contributed by atoms with Crippen molar-refractivity contribution in [3.05, 3.63) is 77.5 Å². The van der Waals surface area contributed by atoms with Gasteiger partial charge in [-0.3, -0.25) is 4.79 Å². The Morgan fingerprint density at radius 1 is 1.18 bits per heavy atom. The van der Waals surface area contributed by atoms with E-state index < -0.39 is 0 Å². The van der Waals surface area contributed by atoms with Crippen molar-refractivity contribution in [1.29, 1.82) is 5.26 Å². The van der Waals surface area contributed by atoms with E-state index >= 15 is 0 Å². The Labute approximate surface area is 163 Å². The average molecular weight is 370 g/mol. The molecule has 0 fully saturated rings. The topological polar surface area (TPSA) is 78.2 Å². The number of aromatic nitrogens is 1. The Balaban J connectivity index is 1.64. The molecule has 0 radical (unpaired) electrons. The first-order chi connectivity index (χ1) is 13.7. The van der Waals surface area contributed by atoms with Crippen LogP contribution >= 0.6 is 0 Å². The molecule has 2 aromatic carbocycles. The summed E-state index contributed by atoms with van der Waals surface area (Å²) in [5.74, 6) is 1.10. The molecule has 3 aromatic rings. The van der Waals surface area contributed by atoms with Crippen LogP contribution in [-0.2, 0) is 0 Å². The van der Waals surface area contributed by atoms with Crippen molar-refractivity contribution in [2.75, 3.05) is 23.4 Å². The summed E-state index contributed by atoms with van der Waals surface area (Å²) in [5, 5.41) is 11.8. The van der Waals surface area contributed by atoms with Gasteiger partial charge in [-0.15, -0.1) is 0 Å². The summed E-state index contributed by atoms with van der Waals surface area (Å²) in [6.07, 6.45) is 1.83. The SMILES string of the molecule is Cc1ccc(N2CCOc3c(C(=O)Nc4ccc(C#N)cc4)cccc32)nc1. The molecule has 138 valence electrons. The summed E-state index contributed by atoms with van der Waals surface area (Å²) >= 11 is 0. The van der Waals surface area contributed by atoms with E-state index in [0.717, 1.165) is 17.1 Å². The Bertz CT molecular complexity index is 1050. The number of nitriles is 1. The molecule has 0 spiro atoms. The number of benzene rings is 2. The number of carbonyl (C=O) groups excluding carboxylic acids is 1. The second kappa shape index (κ2) is 7.41. The minimum absolute atomic E-state index is 0.264. The number of pyridine rings is 1. The van der Waals surface area contributed by atoms with E-state index in [2.05, 4.69) is 21.3 Å². The van der Waals surface area contributed by atoms with Crippen LogP contribution in [0.15, 0.2) is 60.8 Å². The average Bonchev–Trinajstić information content (AvgIpc) is 2.74. The monoisotopic (exact) mass is 370 g/mol. The first-order valence-corrected chi connectivity index (χ1v) is 8.93. The smallest absolute Gasteiger partial charge is 0.259 e. The van der Waals surface area contributed by atoms with Crippen LogP contribution in [0.5, 0.6) is 5.75 Å². The molecule has 1 amide bonds. The van der Waals surface area contributed by atoms with E-state index in [1.165, 1.54) is 0 Å². The van der Waals surface area contributed by atoms with E-state index in [1.54, 1.807) is 30.3 Å². The predicted octanol–water partition coefficient (Wildman–Crippen LogP) is 4.04. The summed E-state index contributed by atoms with van der Waals surface area (Å²) < 4.78 is 5.85. The fraction of sp³-hybridized carbons (Fsp3) is 0.136. The number of anilines is 3. The van der Waals surface area contributed by atoms with Gasteiger partial charge in [-0.2, -0.15) is 5.26 Å². The largest absolute Gasteiger partial charge is 0.489 e. The molecule has 4 rings (SSSR count). The number of amides is 1. The lowest BCUT2D eigenvalue weighted by Gasteiger charge is -2.31. The first-order valence-electron chi connectivity index (χ1n) is 8.93. The van der Waals surface area contributed by atoms with E-state index in [4.69, 9.17) is 10.00 Å². The van der Waals surface area contributed by atoms with Crippen molar-refractivity contribution in [3.8, 4) is 11.8 Å². The van der Waals surface area contributed by atoms with Crippen LogP contribution in [0.25, 0.3) is 0 Å². The number of nitrogens with zero attached hydrogens (tertiary/aromatic N) is 3. The predicted molar refractivity (Wildman–Crippen MR) is 107 cm³/mol. The lowest BCUT2D eigenvalue weighted by atomic mass is 10.1. The Morgan fingerprint density at radius 2 is 2.00 bits per heavy atom. The minimum Gasteiger partial charge on any atom is -0.489 e. The van der Waals surface area contributed by atoms with Gasteiger partial charge in [-0.05, 0) is 55.0 Å². The molecule has 0 saturated carbocycles. The molecule has 1 aliphatic heterocycles. The number of fused-ring (bicyclic) bond motifs is 1. The van der Waals surface area contributed by atoms with Crippen molar-refractivity contribution < 1.29 is 9.53 Å². The molecule has 6 nitrogen and oxygen atoms in total. The third-order valence-corrected chi connectivity index (χ3v) is 4.54. The van der Waals surface area contributed by atoms with Crippen molar-refractivity contribution >= 4 is 23.1 Å². The van der Waals surface area contributed by atoms with Crippen LogP contribution in [0.4, 0.5) is 17.2 Å². The zero-order valence-corrected chi connectivity index (χ0v) is 15.3. The highest BCUT2D eigenvalue weighted by molar-refractivity contribution is 6.07. The molecule has 1 aromatic heterocycles. The molecule has 0 atom stereocenters. The van der Waals surface area contributed by atoms with Gasteiger partial charge in [0.05, 0.1) is 29.4 Å². The van der Waals surface area contributed by atoms with E-state index in [9.17, 15) is 4.79 Å². The normalized spacial score (nSPS) is 12.5. The fourth-order valence-electron chi connectivity index (χ4n) is 3.11. The van der Waals surface area contributed by atoms with E-state index in [0.29, 0.717) is 35.7 Å². The maximum Gasteiger partial charge on any atom is 0.259 e. The summed E-state index contributed by atoms with van der Waals surface area (Å²) in [4.78, 5) is 19.4. The third kappa shape index (κ3) is 3.38. The Kier molecular flexibility index (Phi) is 4.65. The summed E-state index contributed by atoms with van der Waals surface area (Å²) in [7, 11) is 0. The van der Waals surface area contributed by atoms with E-state index in [-0.39, 0.29) is 5.91 Å². The highest BCUT2D eigenvalue weighted by atomic mass is 16.5. The van der Waals surface area contributed by atoms with Gasteiger partial charge < -0.3 is 15.0 Å². The Hall–Kier alpha value is -3.85. The van der Waals surface area contributed by atoms with Crippen molar-refractivity contribution in [2.45, 2.75) is 6.92 Å². The van der Waals surface area contributed by atoms with Crippen LogP contribution in [0, 0.1) is 18.3 Å². The third-order valence-electron chi connectivity index (χ3n) is 4.54. The number of ether oxygens (including phenoxy) is 1. The summed E-state index contributed by atoms with van der Waals surface area (Å²) in [5.41, 5.74) is 3.52. The number of carbonyl (C=O) groups is 1. The number of aryl methyl sites for hydroxylation is 1. The van der Waals surface area contributed by atoms with Crippen molar-refractivity contribution in [2.24, 2.45) is 0 Å². The minimum atomic E-state index is -0.264. The molecule has 0 saturated heterocycles. The fourth-order valence-corrected chi connectivity index (χ4v) is 3.11. The maximum absolute atomic E-state index is 12.8. The lowest BCUT2D eigenvalue weighted by Crippen LogP contribution is -2.30. The molecular weight excluding hydrogens is 352 g/mol. The number of rotatable bonds is 3. The van der Waals surface area contributed by atoms with Gasteiger partial charge in [0.2, 0.25) is 0 Å². The lowest BCUT2D eigenvalue weighted by molar-refractivity contribution is 0.102. The summed E-state index contributed by atoms with van der Waals surface area (Å²) in [6, 6.07) is 18.3. The van der Waals surface area contributed by atoms with Gasteiger partial charge in [0.1, 0.15) is 12.4 Å². The van der Waals surface area contributed by atoms with Crippen LogP contribution in [0.1, 0.15) is 21.5 Å². The molecule has 1 aliphatic rings. The van der Waals surface area contributed by atoms with Crippen molar-refractivity contribution in [1.82, 2.24) is 4.98 Å². The molecule has 1 N–H and O–H groups in total. The molecule has 2 heterocycles. The van der Waals surface area contributed by atoms with Crippen molar-refractivity contribution in [3.63, 3.8) is 0 Å². The number of para-hydroxylation sites is 1. The zero-order chi connectivity index (χ0) is 19.5. The molecule has 28 heavy (non-hydrogen) atoms. The van der Waals surface area contributed by atoms with Gasteiger partial charge >= 0.3 is 0 Å². The highest BCUT2D eigenvalue weighted by Gasteiger charge is 2.25.